The number of anilines is 1. The van der Waals surface area contributed by atoms with Crippen LogP contribution >= 0.6 is 0 Å². The van der Waals surface area contributed by atoms with Gasteiger partial charge in [-0.2, -0.15) is 0 Å². The minimum atomic E-state index is -3.15. The molecule has 2 aromatic rings. The molecule has 0 aliphatic rings. The maximum absolute atomic E-state index is 12.2. The highest BCUT2D eigenvalue weighted by molar-refractivity contribution is 7.90. The number of nitrogens with two attached hydrogens (primary N) is 1. The first-order valence-electron chi connectivity index (χ1n) is 8.27. The number of nitrogens with one attached hydrogen (secondary N) is 1. The van der Waals surface area contributed by atoms with Crippen LogP contribution < -0.4 is 15.8 Å². The molecule has 3 N–H and O–H groups in total. The van der Waals surface area contributed by atoms with Gasteiger partial charge in [0.2, 0.25) is 5.91 Å². The average molecular weight is 376 g/mol. The summed E-state index contributed by atoms with van der Waals surface area (Å²) in [5, 5.41) is 2.77. The lowest BCUT2D eigenvalue weighted by atomic mass is 10.1. The Morgan fingerprint density at radius 2 is 1.85 bits per heavy atom. The van der Waals surface area contributed by atoms with Gasteiger partial charge in [-0.25, -0.2) is 8.42 Å². The minimum absolute atomic E-state index is 0.0839. The number of para-hydroxylation sites is 1. The quantitative estimate of drug-likeness (QED) is 0.736. The summed E-state index contributed by atoms with van der Waals surface area (Å²) in [4.78, 5) is 12.2. The first kappa shape index (κ1) is 19.9. The summed E-state index contributed by atoms with van der Waals surface area (Å²) in [6, 6.07) is 14.1. The highest BCUT2D eigenvalue weighted by Crippen LogP contribution is 2.21. The standard InChI is InChI=1S/C19H24N2O4S/c1-14-15(13-25-16-8-4-3-5-9-16)7-6-10-18(14)21-19(22)17(20)11-12-26(2,23)24/h3-10,17H,11-13,20H2,1-2H3,(H,21,22). The lowest BCUT2D eigenvalue weighted by Crippen LogP contribution is -2.37. The van der Waals surface area contributed by atoms with Gasteiger partial charge in [0.15, 0.2) is 0 Å². The van der Waals surface area contributed by atoms with Crippen LogP contribution in [-0.2, 0) is 21.2 Å². The Labute approximate surface area is 154 Å². The second-order valence-corrected chi connectivity index (χ2v) is 8.47. The van der Waals surface area contributed by atoms with Gasteiger partial charge in [0.1, 0.15) is 22.2 Å². The van der Waals surface area contributed by atoms with Crippen molar-refractivity contribution in [1.82, 2.24) is 0 Å². The Bertz CT molecular complexity index is 851. The number of benzene rings is 2. The van der Waals surface area contributed by atoms with Gasteiger partial charge in [-0.05, 0) is 42.7 Å². The Morgan fingerprint density at radius 3 is 2.50 bits per heavy atom. The summed E-state index contributed by atoms with van der Waals surface area (Å²) in [6.07, 6.45) is 1.21. The van der Waals surface area contributed by atoms with Crippen molar-refractivity contribution >= 4 is 21.4 Å². The molecular formula is C19H24N2O4S. The van der Waals surface area contributed by atoms with Crippen molar-refractivity contribution in [3.05, 3.63) is 59.7 Å². The van der Waals surface area contributed by atoms with Gasteiger partial charge < -0.3 is 15.8 Å². The molecule has 6 nitrogen and oxygen atoms in total. The van der Waals surface area contributed by atoms with Crippen LogP contribution in [0.5, 0.6) is 5.75 Å². The molecule has 0 aromatic heterocycles. The SMILES string of the molecule is Cc1c(COc2ccccc2)cccc1NC(=O)C(N)CCS(C)(=O)=O. The number of sulfone groups is 1. The highest BCUT2D eigenvalue weighted by atomic mass is 32.2. The van der Waals surface area contributed by atoms with Crippen molar-refractivity contribution in [3.63, 3.8) is 0 Å². The fourth-order valence-corrected chi connectivity index (χ4v) is 3.03. The molecule has 1 amide bonds. The van der Waals surface area contributed by atoms with E-state index in [0.29, 0.717) is 12.3 Å². The number of hydrogen-bond acceptors (Lipinski definition) is 5. The number of carbonyl (C=O) groups is 1. The molecule has 7 heteroatoms. The molecule has 0 spiro atoms. The van der Waals surface area contributed by atoms with Gasteiger partial charge in [-0.3, -0.25) is 4.79 Å². The summed E-state index contributed by atoms with van der Waals surface area (Å²) in [5.41, 5.74) is 8.25. The smallest absolute Gasteiger partial charge is 0.241 e. The van der Waals surface area contributed by atoms with E-state index < -0.39 is 21.8 Å². The summed E-state index contributed by atoms with van der Waals surface area (Å²) < 4.78 is 28.2. The fourth-order valence-electron chi connectivity index (χ4n) is 2.35. The van der Waals surface area contributed by atoms with Crippen molar-refractivity contribution < 1.29 is 17.9 Å². The molecule has 0 radical (unpaired) electrons. The van der Waals surface area contributed by atoms with Crippen LogP contribution in [0, 0.1) is 6.92 Å². The zero-order chi connectivity index (χ0) is 19.2. The number of hydrogen-bond donors (Lipinski definition) is 2. The average Bonchev–Trinajstić information content (AvgIpc) is 2.60. The molecule has 0 aliphatic heterocycles. The number of ether oxygens (including phenoxy) is 1. The van der Waals surface area contributed by atoms with Crippen molar-refractivity contribution in [2.75, 3.05) is 17.3 Å². The van der Waals surface area contributed by atoms with Crippen molar-refractivity contribution in [3.8, 4) is 5.75 Å². The summed E-state index contributed by atoms with van der Waals surface area (Å²) in [6.45, 7) is 2.26. The maximum atomic E-state index is 12.2. The van der Waals surface area contributed by atoms with E-state index in [4.69, 9.17) is 10.5 Å². The molecule has 2 aromatic carbocycles. The van der Waals surface area contributed by atoms with Gasteiger partial charge in [-0.1, -0.05) is 30.3 Å². The molecule has 0 fully saturated rings. The predicted octanol–water partition coefficient (Wildman–Crippen LogP) is 2.27. The van der Waals surface area contributed by atoms with E-state index in [2.05, 4.69) is 5.32 Å². The van der Waals surface area contributed by atoms with Crippen LogP contribution in [0.3, 0.4) is 0 Å². The van der Waals surface area contributed by atoms with Gasteiger partial charge in [0.25, 0.3) is 0 Å². The largest absolute Gasteiger partial charge is 0.489 e. The monoisotopic (exact) mass is 376 g/mol. The van der Waals surface area contributed by atoms with Crippen LogP contribution in [0.1, 0.15) is 17.5 Å². The number of rotatable bonds is 8. The van der Waals surface area contributed by atoms with E-state index in [-0.39, 0.29) is 12.2 Å². The fraction of sp³-hybridized carbons (Fsp3) is 0.316. The maximum Gasteiger partial charge on any atom is 0.241 e. The van der Waals surface area contributed by atoms with Gasteiger partial charge in [0.05, 0.1) is 11.8 Å². The summed E-state index contributed by atoms with van der Waals surface area (Å²) in [5.74, 6) is 0.243. The van der Waals surface area contributed by atoms with Gasteiger partial charge >= 0.3 is 0 Å². The van der Waals surface area contributed by atoms with Crippen LogP contribution in [0.25, 0.3) is 0 Å². The zero-order valence-corrected chi connectivity index (χ0v) is 15.8. The minimum Gasteiger partial charge on any atom is -0.489 e. The predicted molar refractivity (Wildman–Crippen MR) is 103 cm³/mol. The van der Waals surface area contributed by atoms with Crippen molar-refractivity contribution in [2.24, 2.45) is 5.73 Å². The van der Waals surface area contributed by atoms with E-state index in [9.17, 15) is 13.2 Å². The van der Waals surface area contributed by atoms with E-state index in [1.807, 2.05) is 49.4 Å². The van der Waals surface area contributed by atoms with E-state index >= 15 is 0 Å². The molecule has 0 saturated heterocycles. The lowest BCUT2D eigenvalue weighted by Gasteiger charge is -2.16. The third-order valence-electron chi connectivity index (χ3n) is 3.98. The Morgan fingerprint density at radius 1 is 1.15 bits per heavy atom. The lowest BCUT2D eigenvalue weighted by molar-refractivity contribution is -0.117. The molecule has 140 valence electrons. The normalized spacial score (nSPS) is 12.4. The molecule has 0 heterocycles. The molecular weight excluding hydrogens is 352 g/mol. The molecule has 1 atom stereocenters. The van der Waals surface area contributed by atoms with Gasteiger partial charge in [0, 0.05) is 11.9 Å². The highest BCUT2D eigenvalue weighted by Gasteiger charge is 2.17. The third kappa shape index (κ3) is 6.16. The molecule has 2 rings (SSSR count). The second kappa shape index (κ2) is 8.82. The van der Waals surface area contributed by atoms with Gasteiger partial charge in [-0.15, -0.1) is 0 Å². The van der Waals surface area contributed by atoms with Crippen LogP contribution in [-0.4, -0.2) is 32.4 Å². The van der Waals surface area contributed by atoms with E-state index in [1.165, 1.54) is 0 Å². The first-order chi connectivity index (χ1) is 12.3. The third-order valence-corrected chi connectivity index (χ3v) is 4.96. The Kier molecular flexibility index (Phi) is 6.76. The molecule has 0 aliphatic carbocycles. The molecule has 1 unspecified atom stereocenters. The van der Waals surface area contributed by atoms with Crippen LogP contribution in [0.2, 0.25) is 0 Å². The number of amides is 1. The molecule has 0 saturated carbocycles. The Hall–Kier alpha value is -2.38. The van der Waals surface area contributed by atoms with E-state index in [1.54, 1.807) is 6.07 Å². The topological polar surface area (TPSA) is 98.5 Å². The first-order valence-corrected chi connectivity index (χ1v) is 10.3. The Balaban J connectivity index is 2.00. The van der Waals surface area contributed by atoms with Crippen LogP contribution in [0.4, 0.5) is 5.69 Å². The molecule has 26 heavy (non-hydrogen) atoms. The van der Waals surface area contributed by atoms with Crippen LogP contribution in [0.15, 0.2) is 48.5 Å². The van der Waals surface area contributed by atoms with E-state index in [0.717, 1.165) is 23.1 Å². The van der Waals surface area contributed by atoms with Crippen molar-refractivity contribution in [2.45, 2.75) is 26.0 Å². The summed E-state index contributed by atoms with van der Waals surface area (Å²) >= 11 is 0. The zero-order valence-electron chi connectivity index (χ0n) is 14.9. The second-order valence-electron chi connectivity index (χ2n) is 6.21. The number of carbonyl (C=O) groups excluding carboxylic acids is 1. The summed E-state index contributed by atoms with van der Waals surface area (Å²) in [7, 11) is -3.15. The molecule has 0 bridgehead atoms. The van der Waals surface area contributed by atoms with Crippen molar-refractivity contribution in [1.29, 1.82) is 0 Å².